The second-order valence-corrected chi connectivity index (χ2v) is 3.94. The number of hydrogen-bond acceptors (Lipinski definition) is 2. The van der Waals surface area contributed by atoms with Gasteiger partial charge in [0.15, 0.2) is 0 Å². The largest absolute Gasteiger partial charge is 0.481 e. The first-order chi connectivity index (χ1) is 8.66. The van der Waals surface area contributed by atoms with Gasteiger partial charge in [0.1, 0.15) is 5.82 Å². The number of rotatable bonds is 4. The van der Waals surface area contributed by atoms with Crippen molar-refractivity contribution in [1.82, 2.24) is 9.55 Å². The third-order valence-electron chi connectivity index (χ3n) is 2.60. The van der Waals surface area contributed by atoms with Crippen LogP contribution in [0.15, 0.2) is 42.7 Å². The molecule has 0 saturated heterocycles. The van der Waals surface area contributed by atoms with Gasteiger partial charge in [0.05, 0.1) is 6.42 Å². The number of imidazole rings is 1. The molecule has 0 aliphatic heterocycles. The van der Waals surface area contributed by atoms with Gasteiger partial charge in [-0.25, -0.2) is 4.98 Å². The van der Waals surface area contributed by atoms with Crippen molar-refractivity contribution < 1.29 is 9.90 Å². The fraction of sp³-hybridized carbons (Fsp3) is 0.143. The topological polar surface area (TPSA) is 55.1 Å². The Labute approximate surface area is 105 Å². The van der Waals surface area contributed by atoms with Gasteiger partial charge < -0.3 is 9.67 Å². The number of nitrogens with zero attached hydrogens (tertiary/aromatic N) is 2. The van der Waals surface area contributed by atoms with Gasteiger partial charge in [0.25, 0.3) is 0 Å². The van der Waals surface area contributed by atoms with Crippen molar-refractivity contribution in [3.05, 3.63) is 54.1 Å². The maximum Gasteiger partial charge on any atom is 0.307 e. The van der Waals surface area contributed by atoms with Crippen molar-refractivity contribution in [3.8, 4) is 5.69 Å². The van der Waals surface area contributed by atoms with Crippen LogP contribution in [-0.2, 0) is 4.79 Å². The first-order valence-electron chi connectivity index (χ1n) is 5.65. The summed E-state index contributed by atoms with van der Waals surface area (Å²) in [4.78, 5) is 14.5. The molecule has 1 N–H and O–H groups in total. The predicted octanol–water partition coefficient (Wildman–Crippen LogP) is 2.67. The number of hydrogen-bond donors (Lipinski definition) is 1. The summed E-state index contributed by atoms with van der Waals surface area (Å²) in [7, 11) is 0. The van der Waals surface area contributed by atoms with Crippen molar-refractivity contribution in [2.75, 3.05) is 0 Å². The van der Waals surface area contributed by atoms with Gasteiger partial charge in [0.2, 0.25) is 0 Å². The molecule has 0 atom stereocenters. The summed E-state index contributed by atoms with van der Waals surface area (Å²) in [5.41, 5.74) is 2.03. The van der Waals surface area contributed by atoms with Gasteiger partial charge in [-0.2, -0.15) is 0 Å². The number of carboxylic acids is 1. The average Bonchev–Trinajstić information content (AvgIpc) is 2.76. The van der Waals surface area contributed by atoms with E-state index >= 15 is 0 Å². The molecule has 0 amide bonds. The molecular formula is C14H14N2O2. The van der Waals surface area contributed by atoms with Crippen molar-refractivity contribution >= 4 is 12.0 Å². The molecule has 2 rings (SSSR count). The van der Waals surface area contributed by atoms with E-state index in [0.29, 0.717) is 0 Å². The minimum Gasteiger partial charge on any atom is -0.481 e. The first-order valence-corrected chi connectivity index (χ1v) is 5.65. The Hall–Kier alpha value is -2.36. The van der Waals surface area contributed by atoms with E-state index in [4.69, 9.17) is 5.11 Å². The van der Waals surface area contributed by atoms with Crippen molar-refractivity contribution in [1.29, 1.82) is 0 Å². The monoisotopic (exact) mass is 242 g/mol. The second kappa shape index (κ2) is 5.31. The smallest absolute Gasteiger partial charge is 0.307 e. The van der Waals surface area contributed by atoms with E-state index in [1.165, 1.54) is 0 Å². The molecule has 0 bridgehead atoms. The molecule has 1 heterocycles. The minimum atomic E-state index is -0.822. The number of aromatic nitrogens is 2. The lowest BCUT2D eigenvalue weighted by atomic mass is 10.2. The van der Waals surface area contributed by atoms with Crippen LogP contribution in [0.4, 0.5) is 0 Å². The van der Waals surface area contributed by atoms with Crippen molar-refractivity contribution in [2.45, 2.75) is 13.3 Å². The van der Waals surface area contributed by atoms with Crippen LogP contribution in [0.2, 0.25) is 0 Å². The van der Waals surface area contributed by atoms with Crippen LogP contribution in [0.5, 0.6) is 0 Å². The molecule has 4 heteroatoms. The van der Waals surface area contributed by atoms with Crippen LogP contribution in [0, 0.1) is 6.92 Å². The summed E-state index contributed by atoms with van der Waals surface area (Å²) in [6, 6.07) is 7.87. The molecule has 2 aromatic rings. The van der Waals surface area contributed by atoms with Crippen LogP contribution in [0.25, 0.3) is 11.8 Å². The summed E-state index contributed by atoms with van der Waals surface area (Å²) in [5, 5.41) is 8.53. The third-order valence-corrected chi connectivity index (χ3v) is 2.60. The second-order valence-electron chi connectivity index (χ2n) is 3.94. The summed E-state index contributed by atoms with van der Waals surface area (Å²) in [6.07, 6.45) is 7.15. The predicted molar refractivity (Wildman–Crippen MR) is 69.6 cm³/mol. The Balaban J connectivity index is 2.13. The van der Waals surface area contributed by atoms with Crippen molar-refractivity contribution in [3.63, 3.8) is 0 Å². The Morgan fingerprint density at radius 3 is 2.67 bits per heavy atom. The van der Waals surface area contributed by atoms with Crippen LogP contribution in [-0.4, -0.2) is 20.6 Å². The van der Waals surface area contributed by atoms with Crippen molar-refractivity contribution in [2.24, 2.45) is 0 Å². The molecule has 1 aromatic carbocycles. The molecule has 0 unspecified atom stereocenters. The number of benzene rings is 1. The Bertz CT molecular complexity index is 568. The normalized spacial score (nSPS) is 10.9. The van der Waals surface area contributed by atoms with E-state index in [-0.39, 0.29) is 6.42 Å². The quantitative estimate of drug-likeness (QED) is 0.896. The zero-order chi connectivity index (χ0) is 13.0. The fourth-order valence-corrected chi connectivity index (χ4v) is 1.69. The molecule has 0 fully saturated rings. The van der Waals surface area contributed by atoms with Gasteiger partial charge in [-0.1, -0.05) is 24.3 Å². The maximum absolute atomic E-state index is 10.4. The van der Waals surface area contributed by atoms with E-state index < -0.39 is 5.97 Å². The molecule has 0 aliphatic rings. The zero-order valence-corrected chi connectivity index (χ0v) is 10.1. The molecule has 0 saturated carbocycles. The number of aliphatic carboxylic acids is 1. The summed E-state index contributed by atoms with van der Waals surface area (Å²) < 4.78 is 1.99. The van der Waals surface area contributed by atoms with E-state index in [9.17, 15) is 4.79 Å². The van der Waals surface area contributed by atoms with Crippen LogP contribution in [0.1, 0.15) is 17.8 Å². The van der Waals surface area contributed by atoms with Crippen LogP contribution in [0.3, 0.4) is 0 Å². The Morgan fingerprint density at radius 1 is 1.39 bits per heavy atom. The minimum absolute atomic E-state index is 0.0440. The van der Waals surface area contributed by atoms with E-state index in [1.54, 1.807) is 18.3 Å². The lowest BCUT2D eigenvalue weighted by molar-refractivity contribution is -0.135. The lowest BCUT2D eigenvalue weighted by Crippen LogP contribution is -1.94. The van der Waals surface area contributed by atoms with Crippen LogP contribution >= 0.6 is 0 Å². The molecule has 0 spiro atoms. The highest BCUT2D eigenvalue weighted by Crippen LogP contribution is 2.12. The van der Waals surface area contributed by atoms with E-state index in [2.05, 4.69) is 4.98 Å². The average molecular weight is 242 g/mol. The highest BCUT2D eigenvalue weighted by Gasteiger charge is 1.99. The molecule has 0 radical (unpaired) electrons. The number of carbonyl (C=O) groups is 1. The standard InChI is InChI=1S/C14H14N2O2/c1-11-15-9-10-16(11)13-7-5-12(6-8-13)3-2-4-14(17)18/h2-3,5-10H,4H2,1H3,(H,17,18). The van der Waals surface area contributed by atoms with Gasteiger partial charge in [0, 0.05) is 18.1 Å². The summed E-state index contributed by atoms with van der Waals surface area (Å²) >= 11 is 0. The van der Waals surface area contributed by atoms with Gasteiger partial charge in [-0.15, -0.1) is 0 Å². The molecule has 18 heavy (non-hydrogen) atoms. The highest BCUT2D eigenvalue weighted by atomic mass is 16.4. The summed E-state index contributed by atoms with van der Waals surface area (Å²) in [5.74, 6) is 0.112. The first kappa shape index (κ1) is 12.1. The van der Waals surface area contributed by atoms with Gasteiger partial charge >= 0.3 is 5.97 Å². The fourth-order valence-electron chi connectivity index (χ4n) is 1.69. The molecule has 92 valence electrons. The maximum atomic E-state index is 10.4. The molecule has 0 aliphatic carbocycles. The molecular weight excluding hydrogens is 228 g/mol. The van der Waals surface area contributed by atoms with Gasteiger partial charge in [-0.3, -0.25) is 4.79 Å². The van der Waals surface area contributed by atoms with E-state index in [0.717, 1.165) is 17.1 Å². The van der Waals surface area contributed by atoms with Crippen LogP contribution < -0.4 is 0 Å². The lowest BCUT2D eigenvalue weighted by Gasteiger charge is -2.04. The summed E-state index contributed by atoms with van der Waals surface area (Å²) in [6.45, 7) is 1.95. The Kier molecular flexibility index (Phi) is 3.57. The highest BCUT2D eigenvalue weighted by molar-refractivity contribution is 5.70. The third kappa shape index (κ3) is 2.85. The molecule has 1 aromatic heterocycles. The SMILES string of the molecule is Cc1nccn1-c1ccc(C=CCC(=O)O)cc1. The Morgan fingerprint density at radius 2 is 2.11 bits per heavy atom. The van der Waals surface area contributed by atoms with E-state index in [1.807, 2.05) is 42.0 Å². The van der Waals surface area contributed by atoms with Gasteiger partial charge in [-0.05, 0) is 24.6 Å². The number of carboxylic acid groups (broad SMARTS) is 1. The zero-order valence-electron chi connectivity index (χ0n) is 10.1. The number of aryl methyl sites for hydroxylation is 1. The molecule has 4 nitrogen and oxygen atoms in total.